The molecule has 0 saturated carbocycles. The largest absolute Gasteiger partial charge is 0.416 e. The first-order valence-electron chi connectivity index (χ1n) is 6.73. The molecule has 0 saturated heterocycles. The van der Waals surface area contributed by atoms with Crippen molar-refractivity contribution in [3.05, 3.63) is 33.9 Å². The van der Waals surface area contributed by atoms with Crippen LogP contribution in [0, 0.1) is 16.0 Å². The van der Waals surface area contributed by atoms with Gasteiger partial charge in [0.1, 0.15) is 5.69 Å². The maximum absolute atomic E-state index is 12.6. The molecule has 0 fully saturated rings. The molecule has 0 aliphatic carbocycles. The van der Waals surface area contributed by atoms with Crippen molar-refractivity contribution in [2.24, 2.45) is 5.92 Å². The van der Waals surface area contributed by atoms with Crippen LogP contribution < -0.4 is 5.32 Å². The van der Waals surface area contributed by atoms with Crippen molar-refractivity contribution in [1.82, 2.24) is 0 Å². The number of nitrogens with zero attached hydrogens (tertiary/aromatic N) is 1. The van der Waals surface area contributed by atoms with Crippen LogP contribution in [0.2, 0.25) is 0 Å². The number of anilines is 1. The van der Waals surface area contributed by atoms with Crippen LogP contribution in [0.15, 0.2) is 18.2 Å². The summed E-state index contributed by atoms with van der Waals surface area (Å²) in [7, 11) is 0. The molecular formula is C14H19F3N2O2. The predicted molar refractivity (Wildman–Crippen MR) is 75.3 cm³/mol. The van der Waals surface area contributed by atoms with Crippen molar-refractivity contribution >= 4 is 11.4 Å². The molecule has 1 rings (SSSR count). The van der Waals surface area contributed by atoms with Crippen molar-refractivity contribution < 1.29 is 18.1 Å². The van der Waals surface area contributed by atoms with Crippen molar-refractivity contribution in [1.29, 1.82) is 0 Å². The Hall–Kier alpha value is -1.79. The van der Waals surface area contributed by atoms with Crippen molar-refractivity contribution in [3.8, 4) is 0 Å². The molecule has 0 bridgehead atoms. The molecule has 0 spiro atoms. The molecule has 4 nitrogen and oxygen atoms in total. The Morgan fingerprint density at radius 2 is 1.86 bits per heavy atom. The van der Waals surface area contributed by atoms with Crippen LogP contribution in [0.4, 0.5) is 24.5 Å². The summed E-state index contributed by atoms with van der Waals surface area (Å²) in [6.45, 7) is 5.98. The molecule has 0 amide bonds. The van der Waals surface area contributed by atoms with Crippen LogP contribution >= 0.6 is 0 Å². The molecule has 0 aromatic heterocycles. The molecule has 0 aliphatic rings. The summed E-state index contributed by atoms with van der Waals surface area (Å²) in [5.74, 6) is 0.497. The third-order valence-electron chi connectivity index (χ3n) is 3.10. The van der Waals surface area contributed by atoms with E-state index in [0.29, 0.717) is 12.0 Å². The van der Waals surface area contributed by atoms with Gasteiger partial charge >= 0.3 is 6.18 Å². The minimum absolute atomic E-state index is 0.0529. The molecular weight excluding hydrogens is 285 g/mol. The van der Waals surface area contributed by atoms with Gasteiger partial charge in [0, 0.05) is 12.1 Å². The first-order valence-corrected chi connectivity index (χ1v) is 6.73. The number of rotatable bonds is 6. The summed E-state index contributed by atoms with van der Waals surface area (Å²) < 4.78 is 37.8. The van der Waals surface area contributed by atoms with Gasteiger partial charge in [-0.2, -0.15) is 13.2 Å². The Balaban J connectivity index is 2.94. The van der Waals surface area contributed by atoms with E-state index in [4.69, 9.17) is 0 Å². The normalized spacial score (nSPS) is 13.3. The third kappa shape index (κ3) is 5.24. The predicted octanol–water partition coefficient (Wildman–Crippen LogP) is 4.85. The number of nitro benzene ring substituents is 1. The molecule has 21 heavy (non-hydrogen) atoms. The van der Waals surface area contributed by atoms with Crippen LogP contribution in [-0.4, -0.2) is 11.0 Å². The summed E-state index contributed by atoms with van der Waals surface area (Å²) in [6, 6.07) is 2.48. The molecule has 1 N–H and O–H groups in total. The SMILES string of the molecule is CC(C)CCC(C)Nc1ccc(C(F)(F)F)cc1[N+](=O)[O-]. The highest BCUT2D eigenvalue weighted by Crippen LogP contribution is 2.35. The standard InChI is InChI=1S/C14H19F3N2O2/c1-9(2)4-5-10(3)18-12-7-6-11(14(15,16)17)8-13(12)19(20)21/h6-10,18H,4-5H2,1-3H3. The number of nitro groups is 1. The summed E-state index contributed by atoms with van der Waals surface area (Å²) in [5, 5.41) is 13.9. The smallest absolute Gasteiger partial charge is 0.377 e. The Labute approximate surface area is 121 Å². The zero-order valence-electron chi connectivity index (χ0n) is 12.2. The molecule has 118 valence electrons. The lowest BCUT2D eigenvalue weighted by Gasteiger charge is -2.17. The quantitative estimate of drug-likeness (QED) is 0.603. The number of nitrogens with one attached hydrogen (secondary N) is 1. The zero-order chi connectivity index (χ0) is 16.2. The molecule has 1 unspecified atom stereocenters. The topological polar surface area (TPSA) is 55.2 Å². The van der Waals surface area contributed by atoms with Gasteiger partial charge in [-0.25, -0.2) is 0 Å². The van der Waals surface area contributed by atoms with Crippen LogP contribution in [-0.2, 0) is 6.18 Å². The summed E-state index contributed by atoms with van der Waals surface area (Å²) in [6.07, 6.45) is -2.87. The lowest BCUT2D eigenvalue weighted by molar-refractivity contribution is -0.384. The van der Waals surface area contributed by atoms with E-state index in [2.05, 4.69) is 19.2 Å². The van der Waals surface area contributed by atoms with Gasteiger partial charge in [-0.05, 0) is 37.8 Å². The van der Waals surface area contributed by atoms with E-state index in [1.807, 2.05) is 6.92 Å². The Morgan fingerprint density at radius 1 is 1.24 bits per heavy atom. The highest BCUT2D eigenvalue weighted by atomic mass is 19.4. The second kappa shape index (κ2) is 6.78. The van der Waals surface area contributed by atoms with Gasteiger partial charge in [-0.3, -0.25) is 10.1 Å². The number of halogens is 3. The van der Waals surface area contributed by atoms with Gasteiger partial charge < -0.3 is 5.32 Å². The highest BCUT2D eigenvalue weighted by molar-refractivity contribution is 5.63. The van der Waals surface area contributed by atoms with E-state index < -0.39 is 22.4 Å². The second-order valence-electron chi connectivity index (χ2n) is 5.50. The van der Waals surface area contributed by atoms with Crippen LogP contribution in [0.1, 0.15) is 39.2 Å². The number of alkyl halides is 3. The summed E-state index contributed by atoms with van der Waals surface area (Å²) >= 11 is 0. The Bertz CT molecular complexity index is 501. The number of hydrogen-bond donors (Lipinski definition) is 1. The fourth-order valence-electron chi connectivity index (χ4n) is 1.90. The third-order valence-corrected chi connectivity index (χ3v) is 3.10. The fourth-order valence-corrected chi connectivity index (χ4v) is 1.90. The maximum Gasteiger partial charge on any atom is 0.416 e. The molecule has 0 radical (unpaired) electrons. The van der Waals surface area contributed by atoms with Crippen molar-refractivity contribution in [3.63, 3.8) is 0 Å². The van der Waals surface area contributed by atoms with Crippen molar-refractivity contribution in [2.75, 3.05) is 5.32 Å². The molecule has 7 heteroatoms. The van der Waals surface area contributed by atoms with Gasteiger partial charge in [0.25, 0.3) is 5.69 Å². The maximum atomic E-state index is 12.6. The highest BCUT2D eigenvalue weighted by Gasteiger charge is 2.33. The van der Waals surface area contributed by atoms with Gasteiger partial charge in [0.05, 0.1) is 10.5 Å². The average molecular weight is 304 g/mol. The Morgan fingerprint density at radius 3 is 2.33 bits per heavy atom. The lowest BCUT2D eigenvalue weighted by Crippen LogP contribution is -2.17. The van der Waals surface area contributed by atoms with E-state index in [-0.39, 0.29) is 11.7 Å². The van der Waals surface area contributed by atoms with E-state index in [9.17, 15) is 23.3 Å². The summed E-state index contributed by atoms with van der Waals surface area (Å²) in [5.41, 5.74) is -1.46. The van der Waals surface area contributed by atoms with Gasteiger partial charge in [0.15, 0.2) is 0 Å². The molecule has 0 heterocycles. The molecule has 1 atom stereocenters. The zero-order valence-corrected chi connectivity index (χ0v) is 12.2. The van der Waals surface area contributed by atoms with Gasteiger partial charge in [-0.1, -0.05) is 13.8 Å². The average Bonchev–Trinajstić information content (AvgIpc) is 2.35. The molecule has 1 aromatic rings. The molecule has 0 aliphatic heterocycles. The minimum Gasteiger partial charge on any atom is -0.377 e. The van der Waals surface area contributed by atoms with Crippen molar-refractivity contribution in [2.45, 2.75) is 45.8 Å². The van der Waals surface area contributed by atoms with Gasteiger partial charge in [-0.15, -0.1) is 0 Å². The number of benzene rings is 1. The van der Waals surface area contributed by atoms with E-state index in [0.717, 1.165) is 25.0 Å². The first-order chi connectivity index (χ1) is 9.61. The molecule has 1 aromatic carbocycles. The van der Waals surface area contributed by atoms with E-state index in [1.165, 1.54) is 0 Å². The second-order valence-corrected chi connectivity index (χ2v) is 5.50. The minimum atomic E-state index is -4.59. The first kappa shape index (κ1) is 17.3. The summed E-state index contributed by atoms with van der Waals surface area (Å²) in [4.78, 5) is 10.1. The fraction of sp³-hybridized carbons (Fsp3) is 0.571. The van der Waals surface area contributed by atoms with Gasteiger partial charge in [0.2, 0.25) is 0 Å². The van der Waals surface area contributed by atoms with E-state index >= 15 is 0 Å². The van der Waals surface area contributed by atoms with Crippen LogP contribution in [0.25, 0.3) is 0 Å². The van der Waals surface area contributed by atoms with E-state index in [1.54, 1.807) is 0 Å². The lowest BCUT2D eigenvalue weighted by atomic mass is 10.0. The van der Waals surface area contributed by atoms with Crippen LogP contribution in [0.5, 0.6) is 0 Å². The monoisotopic (exact) mass is 304 g/mol. The number of hydrogen-bond acceptors (Lipinski definition) is 3. The Kier molecular flexibility index (Phi) is 5.57. The van der Waals surface area contributed by atoms with Crippen LogP contribution in [0.3, 0.4) is 0 Å².